The van der Waals surface area contributed by atoms with Crippen molar-refractivity contribution in [2.24, 2.45) is 5.73 Å². The summed E-state index contributed by atoms with van der Waals surface area (Å²) in [4.78, 5) is 4.42. The molecular weight excluding hydrogens is 226 g/mol. The van der Waals surface area contributed by atoms with Crippen LogP contribution in [0.2, 0.25) is 0 Å². The molecule has 1 aromatic heterocycles. The molecule has 4 heteroatoms. The number of nitrogens with two attached hydrogens (primary N) is 1. The lowest BCUT2D eigenvalue weighted by molar-refractivity contribution is 0.181. The van der Waals surface area contributed by atoms with E-state index in [-0.39, 0.29) is 5.54 Å². The molecule has 0 spiro atoms. The molecule has 1 aliphatic rings. The van der Waals surface area contributed by atoms with Crippen molar-refractivity contribution in [3.05, 3.63) is 47.1 Å². The first-order chi connectivity index (χ1) is 8.66. The molecule has 94 valence electrons. The van der Waals surface area contributed by atoms with E-state index in [0.717, 1.165) is 19.3 Å². The molecule has 0 bridgehead atoms. The van der Waals surface area contributed by atoms with E-state index in [9.17, 15) is 0 Å². The summed E-state index contributed by atoms with van der Waals surface area (Å²) in [5.41, 5.74) is 8.23. The van der Waals surface area contributed by atoms with Crippen molar-refractivity contribution >= 4 is 0 Å². The molecule has 1 aromatic carbocycles. The van der Waals surface area contributed by atoms with Crippen LogP contribution >= 0.6 is 0 Å². The number of aryl methyl sites for hydroxylation is 1. The summed E-state index contributed by atoms with van der Waals surface area (Å²) < 4.78 is 5.28. The Bertz CT molecular complexity index is 540. The Balaban J connectivity index is 1.75. The molecule has 1 aliphatic carbocycles. The molecule has 0 unspecified atom stereocenters. The van der Waals surface area contributed by atoms with Crippen LogP contribution in [-0.4, -0.2) is 10.1 Å². The van der Waals surface area contributed by atoms with Crippen LogP contribution in [0.25, 0.3) is 0 Å². The maximum atomic E-state index is 6.15. The fourth-order valence-corrected chi connectivity index (χ4v) is 2.19. The highest BCUT2D eigenvalue weighted by atomic mass is 16.5. The van der Waals surface area contributed by atoms with Gasteiger partial charge in [-0.15, -0.1) is 0 Å². The molecule has 2 aromatic rings. The van der Waals surface area contributed by atoms with E-state index in [1.54, 1.807) is 0 Å². The van der Waals surface area contributed by atoms with Crippen LogP contribution in [0.5, 0.6) is 0 Å². The van der Waals surface area contributed by atoms with Crippen molar-refractivity contribution in [2.75, 3.05) is 0 Å². The van der Waals surface area contributed by atoms with Gasteiger partial charge in [-0.2, -0.15) is 4.98 Å². The molecular formula is C14H17N3O. The first-order valence-electron chi connectivity index (χ1n) is 6.33. The van der Waals surface area contributed by atoms with Gasteiger partial charge in [0, 0.05) is 6.42 Å². The number of aromatic nitrogens is 2. The van der Waals surface area contributed by atoms with Gasteiger partial charge in [0.15, 0.2) is 5.82 Å². The highest BCUT2D eigenvalue weighted by Crippen LogP contribution is 2.37. The van der Waals surface area contributed by atoms with Crippen LogP contribution in [0.15, 0.2) is 28.8 Å². The highest BCUT2D eigenvalue weighted by Gasteiger charge is 2.39. The lowest BCUT2D eigenvalue weighted by Gasteiger charge is -2.33. The molecule has 1 heterocycles. The highest BCUT2D eigenvalue weighted by molar-refractivity contribution is 5.23. The molecule has 2 N–H and O–H groups in total. The summed E-state index contributed by atoms with van der Waals surface area (Å²) in [6, 6.07) is 8.36. The van der Waals surface area contributed by atoms with Crippen LogP contribution in [0.1, 0.15) is 42.1 Å². The minimum Gasteiger partial charge on any atom is -0.337 e. The predicted octanol–water partition coefficient (Wildman–Crippen LogP) is 2.31. The Labute approximate surface area is 106 Å². The van der Waals surface area contributed by atoms with Crippen LogP contribution in [-0.2, 0) is 12.0 Å². The van der Waals surface area contributed by atoms with Crippen molar-refractivity contribution in [2.45, 2.75) is 38.1 Å². The molecule has 3 rings (SSSR count). The summed E-state index contributed by atoms with van der Waals surface area (Å²) in [5, 5.41) is 4.02. The van der Waals surface area contributed by atoms with Crippen LogP contribution in [0.3, 0.4) is 0 Å². The standard InChI is InChI=1S/C14H17N3O/c1-10-3-5-11(6-4-10)9-12-16-13(18-17-12)14(15)7-2-8-14/h3-6H,2,7-9,15H2,1H3. The zero-order valence-corrected chi connectivity index (χ0v) is 10.5. The van der Waals surface area contributed by atoms with Gasteiger partial charge in [0.1, 0.15) is 0 Å². The van der Waals surface area contributed by atoms with Crippen LogP contribution < -0.4 is 5.73 Å². The molecule has 18 heavy (non-hydrogen) atoms. The van der Waals surface area contributed by atoms with E-state index in [1.165, 1.54) is 11.1 Å². The van der Waals surface area contributed by atoms with E-state index < -0.39 is 0 Å². The lowest BCUT2D eigenvalue weighted by atomic mass is 9.78. The average molecular weight is 243 g/mol. The second kappa shape index (κ2) is 4.21. The summed E-state index contributed by atoms with van der Waals surface area (Å²) >= 11 is 0. The van der Waals surface area contributed by atoms with Gasteiger partial charge < -0.3 is 10.3 Å². The smallest absolute Gasteiger partial charge is 0.246 e. The topological polar surface area (TPSA) is 64.9 Å². The van der Waals surface area contributed by atoms with Crippen molar-refractivity contribution in [1.82, 2.24) is 10.1 Å². The molecule has 0 saturated heterocycles. The third-order valence-corrected chi connectivity index (χ3v) is 3.62. The quantitative estimate of drug-likeness (QED) is 0.898. The SMILES string of the molecule is Cc1ccc(Cc2noc(C3(N)CCC3)n2)cc1. The number of hydrogen-bond donors (Lipinski definition) is 1. The van der Waals surface area contributed by atoms with E-state index in [1.807, 2.05) is 0 Å². The normalized spacial score (nSPS) is 17.4. The summed E-state index contributed by atoms with van der Waals surface area (Å²) in [6.45, 7) is 2.07. The van der Waals surface area contributed by atoms with Gasteiger partial charge in [-0.05, 0) is 31.7 Å². The monoisotopic (exact) mass is 243 g/mol. The van der Waals surface area contributed by atoms with Crippen molar-refractivity contribution in [1.29, 1.82) is 0 Å². The van der Waals surface area contributed by atoms with Gasteiger partial charge >= 0.3 is 0 Å². The van der Waals surface area contributed by atoms with E-state index >= 15 is 0 Å². The van der Waals surface area contributed by atoms with Gasteiger partial charge in [-0.1, -0.05) is 35.0 Å². The Kier molecular flexibility index (Phi) is 2.67. The van der Waals surface area contributed by atoms with E-state index in [0.29, 0.717) is 18.1 Å². The fourth-order valence-electron chi connectivity index (χ4n) is 2.19. The first-order valence-corrected chi connectivity index (χ1v) is 6.33. The average Bonchev–Trinajstić information content (AvgIpc) is 2.78. The van der Waals surface area contributed by atoms with Crippen LogP contribution in [0.4, 0.5) is 0 Å². The Morgan fingerprint density at radius 1 is 1.28 bits per heavy atom. The molecule has 0 aliphatic heterocycles. The molecule has 0 amide bonds. The number of rotatable bonds is 3. The van der Waals surface area contributed by atoms with Crippen molar-refractivity contribution in [3.8, 4) is 0 Å². The van der Waals surface area contributed by atoms with Gasteiger partial charge in [0.2, 0.25) is 5.89 Å². The third kappa shape index (κ3) is 2.04. The van der Waals surface area contributed by atoms with Gasteiger partial charge in [0.25, 0.3) is 0 Å². The number of nitrogens with zero attached hydrogens (tertiary/aromatic N) is 2. The maximum Gasteiger partial charge on any atom is 0.246 e. The maximum absolute atomic E-state index is 6.15. The largest absolute Gasteiger partial charge is 0.337 e. The van der Waals surface area contributed by atoms with Crippen LogP contribution in [0, 0.1) is 6.92 Å². The Morgan fingerprint density at radius 3 is 2.61 bits per heavy atom. The minimum atomic E-state index is -0.363. The predicted molar refractivity (Wildman–Crippen MR) is 68.0 cm³/mol. The molecule has 4 nitrogen and oxygen atoms in total. The molecule has 1 saturated carbocycles. The minimum absolute atomic E-state index is 0.363. The zero-order valence-electron chi connectivity index (χ0n) is 10.5. The van der Waals surface area contributed by atoms with Crippen molar-refractivity contribution in [3.63, 3.8) is 0 Å². The number of benzene rings is 1. The molecule has 0 atom stereocenters. The second-order valence-corrected chi connectivity index (χ2v) is 5.19. The molecule has 0 radical (unpaired) electrons. The summed E-state index contributed by atoms with van der Waals surface area (Å²) in [7, 11) is 0. The summed E-state index contributed by atoms with van der Waals surface area (Å²) in [6.07, 6.45) is 3.73. The van der Waals surface area contributed by atoms with Gasteiger partial charge in [-0.3, -0.25) is 0 Å². The van der Waals surface area contributed by atoms with E-state index in [4.69, 9.17) is 10.3 Å². The molecule has 1 fully saturated rings. The summed E-state index contributed by atoms with van der Waals surface area (Å²) in [5.74, 6) is 1.31. The Hall–Kier alpha value is -1.68. The van der Waals surface area contributed by atoms with Gasteiger partial charge in [-0.25, -0.2) is 0 Å². The van der Waals surface area contributed by atoms with E-state index in [2.05, 4.69) is 41.3 Å². The second-order valence-electron chi connectivity index (χ2n) is 5.19. The lowest BCUT2D eigenvalue weighted by Crippen LogP contribution is -2.43. The third-order valence-electron chi connectivity index (χ3n) is 3.62. The van der Waals surface area contributed by atoms with Gasteiger partial charge in [0.05, 0.1) is 5.54 Å². The number of hydrogen-bond acceptors (Lipinski definition) is 4. The fraction of sp³-hybridized carbons (Fsp3) is 0.429. The van der Waals surface area contributed by atoms with Crippen molar-refractivity contribution < 1.29 is 4.52 Å². The zero-order chi connectivity index (χ0) is 12.6. The Morgan fingerprint density at radius 2 is 2.00 bits per heavy atom. The first kappa shape index (κ1) is 11.4.